The summed E-state index contributed by atoms with van der Waals surface area (Å²) in [6, 6.07) is 16.4. The SMILES string of the molecule is CCOC(=O)C1(C)CCC(c2nc3c(-c4ccc(-c5ccccc5)nc4)cnn3c3c2c(OCC)c(OCC[Si](C)(C)C)n3COCC[Si](C)(C)C)CC1. The summed E-state index contributed by atoms with van der Waals surface area (Å²) in [4.78, 5) is 23.4. The molecule has 6 rings (SSSR count). The van der Waals surface area contributed by atoms with Crippen LogP contribution >= 0.6 is 0 Å². The minimum absolute atomic E-state index is 0.0824. The van der Waals surface area contributed by atoms with Crippen LogP contribution in [0.1, 0.15) is 58.1 Å². The molecule has 0 amide bonds. The van der Waals surface area contributed by atoms with Gasteiger partial charge in [-0.15, -0.1) is 0 Å². The summed E-state index contributed by atoms with van der Waals surface area (Å²) in [5.41, 5.74) is 5.80. The Kier molecular flexibility index (Phi) is 12.0. The zero-order chi connectivity index (χ0) is 38.7. The maximum atomic E-state index is 13.1. The first-order chi connectivity index (χ1) is 25.7. The molecule has 1 aromatic carbocycles. The molecule has 0 bridgehead atoms. The normalized spacial score (nSPS) is 18.0. The minimum atomic E-state index is -1.40. The van der Waals surface area contributed by atoms with Gasteiger partial charge in [-0.25, -0.2) is 4.98 Å². The summed E-state index contributed by atoms with van der Waals surface area (Å²) in [6.45, 7) is 22.5. The van der Waals surface area contributed by atoms with Crippen molar-refractivity contribution in [1.82, 2.24) is 24.1 Å². The number of carbonyl (C=O) groups excluding carboxylic acids is 1. The lowest BCUT2D eigenvalue weighted by Gasteiger charge is -2.35. The molecule has 0 spiro atoms. The third-order valence-corrected chi connectivity index (χ3v) is 14.0. The van der Waals surface area contributed by atoms with Crippen LogP contribution in [-0.4, -0.2) is 72.7 Å². The van der Waals surface area contributed by atoms with Crippen LogP contribution in [-0.2, 0) is 21.0 Å². The van der Waals surface area contributed by atoms with Crippen molar-refractivity contribution in [3.8, 4) is 34.0 Å². The molecule has 4 aromatic heterocycles. The van der Waals surface area contributed by atoms with Crippen LogP contribution in [0.3, 0.4) is 0 Å². The fraction of sp³-hybridized carbons (Fsp3) is 0.524. The van der Waals surface area contributed by atoms with E-state index in [1.165, 1.54) is 0 Å². The van der Waals surface area contributed by atoms with Crippen LogP contribution in [0.25, 0.3) is 39.1 Å². The molecule has 0 atom stereocenters. The van der Waals surface area contributed by atoms with E-state index in [0.29, 0.717) is 57.6 Å². The second-order valence-corrected chi connectivity index (χ2v) is 28.6. The Morgan fingerprint density at radius 2 is 1.57 bits per heavy atom. The topological polar surface area (TPSA) is 102 Å². The second-order valence-electron chi connectivity index (χ2n) is 17.3. The molecule has 54 heavy (non-hydrogen) atoms. The molecule has 10 nitrogen and oxygen atoms in total. The summed E-state index contributed by atoms with van der Waals surface area (Å²) in [5, 5.41) is 5.91. The van der Waals surface area contributed by atoms with Gasteiger partial charge in [-0.1, -0.05) is 75.7 Å². The Balaban J connectivity index is 1.53. The Hall–Kier alpha value is -4.01. The highest BCUT2D eigenvalue weighted by Crippen LogP contribution is 2.49. The maximum absolute atomic E-state index is 13.1. The first-order valence-corrected chi connectivity index (χ1v) is 27.1. The second kappa shape index (κ2) is 16.4. The van der Waals surface area contributed by atoms with Crippen molar-refractivity contribution in [1.29, 1.82) is 0 Å². The fourth-order valence-electron chi connectivity index (χ4n) is 7.19. The molecule has 4 heterocycles. The van der Waals surface area contributed by atoms with Crippen molar-refractivity contribution in [2.75, 3.05) is 26.4 Å². The monoisotopic (exact) mass is 769 g/mol. The van der Waals surface area contributed by atoms with E-state index in [4.69, 9.17) is 34.0 Å². The van der Waals surface area contributed by atoms with Crippen LogP contribution in [0, 0.1) is 5.41 Å². The summed E-state index contributed by atoms with van der Waals surface area (Å²) in [6.07, 6.45) is 6.81. The quantitative estimate of drug-likeness (QED) is 0.0555. The Bertz CT molecular complexity index is 2040. The van der Waals surface area contributed by atoms with Gasteiger partial charge in [0.15, 0.2) is 17.0 Å². The van der Waals surface area contributed by atoms with E-state index >= 15 is 0 Å². The standard InChI is InChI=1S/C42H59N5O5Si2/c1-10-50-37-35-36(31-19-21-42(3,22-20-31)41(48)51-11-2)45-38-33(32-17-18-34(43-27-32)30-15-13-12-14-16-30)28-44-47(38)39(35)46(29-49-23-25-53(4,5)6)40(37)52-24-26-54(7,8)9/h12-18,27-28,31H,10-11,19-26,29H2,1-9H3. The van der Waals surface area contributed by atoms with Crippen molar-refractivity contribution >= 4 is 38.8 Å². The number of ether oxygens (including phenoxy) is 4. The van der Waals surface area contributed by atoms with Crippen molar-refractivity contribution < 1.29 is 23.7 Å². The summed E-state index contributed by atoms with van der Waals surface area (Å²) in [7, 11) is -2.73. The Morgan fingerprint density at radius 1 is 0.870 bits per heavy atom. The number of pyridine rings is 1. The molecule has 5 aromatic rings. The first-order valence-electron chi connectivity index (χ1n) is 19.7. The van der Waals surface area contributed by atoms with E-state index in [1.807, 2.05) is 55.9 Å². The van der Waals surface area contributed by atoms with Crippen molar-refractivity contribution in [3.63, 3.8) is 0 Å². The van der Waals surface area contributed by atoms with E-state index in [2.05, 4.69) is 68.1 Å². The van der Waals surface area contributed by atoms with E-state index in [9.17, 15) is 4.79 Å². The number of rotatable bonds is 16. The highest BCUT2D eigenvalue weighted by atomic mass is 28.3. The number of benzene rings is 1. The van der Waals surface area contributed by atoms with Crippen molar-refractivity contribution in [3.05, 3.63) is 60.6 Å². The largest absolute Gasteiger partial charge is 0.488 e. The number of fused-ring (bicyclic) bond motifs is 3. The van der Waals surface area contributed by atoms with Crippen molar-refractivity contribution in [2.24, 2.45) is 5.41 Å². The van der Waals surface area contributed by atoms with Gasteiger partial charge in [-0.05, 0) is 64.6 Å². The van der Waals surface area contributed by atoms with E-state index in [1.54, 1.807) is 0 Å². The Labute approximate surface area is 322 Å². The number of esters is 1. The molecule has 290 valence electrons. The molecule has 0 unspecified atom stereocenters. The smallest absolute Gasteiger partial charge is 0.311 e. The lowest BCUT2D eigenvalue weighted by molar-refractivity contribution is -0.156. The van der Waals surface area contributed by atoms with Crippen LogP contribution in [0.15, 0.2) is 54.9 Å². The Morgan fingerprint density at radius 3 is 2.20 bits per heavy atom. The van der Waals surface area contributed by atoms with Gasteiger partial charge >= 0.3 is 5.97 Å². The average molecular weight is 770 g/mol. The zero-order valence-corrected chi connectivity index (χ0v) is 35.8. The number of carbonyl (C=O) groups is 1. The molecule has 0 aliphatic heterocycles. The minimum Gasteiger partial charge on any atom is -0.488 e. The third kappa shape index (κ3) is 8.76. The average Bonchev–Trinajstić information content (AvgIpc) is 3.69. The first kappa shape index (κ1) is 39.7. The molecule has 1 aliphatic carbocycles. The van der Waals surface area contributed by atoms with Crippen molar-refractivity contribution in [2.45, 2.75) is 110 Å². The highest BCUT2D eigenvalue weighted by Gasteiger charge is 2.41. The number of hydrogen-bond acceptors (Lipinski definition) is 8. The molecule has 0 radical (unpaired) electrons. The third-order valence-electron chi connectivity index (χ3n) is 10.6. The van der Waals surface area contributed by atoms with E-state index < -0.39 is 21.6 Å². The van der Waals surface area contributed by atoms with Gasteiger partial charge in [0.1, 0.15) is 6.73 Å². The summed E-state index contributed by atoms with van der Waals surface area (Å²) >= 11 is 0. The van der Waals surface area contributed by atoms with Gasteiger partial charge in [-0.3, -0.25) is 14.3 Å². The van der Waals surface area contributed by atoms with Crippen LogP contribution in [0.2, 0.25) is 51.4 Å². The highest BCUT2D eigenvalue weighted by molar-refractivity contribution is 6.76. The molecule has 1 aliphatic rings. The van der Waals surface area contributed by atoms with Crippen LogP contribution < -0.4 is 9.47 Å². The zero-order valence-electron chi connectivity index (χ0n) is 33.8. The van der Waals surface area contributed by atoms with E-state index in [-0.39, 0.29) is 11.9 Å². The molecular formula is C42H59N5O5Si2. The van der Waals surface area contributed by atoms with Crippen LogP contribution in [0.4, 0.5) is 0 Å². The predicted octanol–water partition coefficient (Wildman–Crippen LogP) is 10.1. The van der Waals surface area contributed by atoms with Gasteiger partial charge < -0.3 is 18.9 Å². The van der Waals surface area contributed by atoms with Gasteiger partial charge in [0, 0.05) is 51.6 Å². The predicted molar refractivity (Wildman–Crippen MR) is 222 cm³/mol. The molecule has 1 saturated carbocycles. The lowest BCUT2D eigenvalue weighted by Crippen LogP contribution is -2.34. The number of hydrogen-bond donors (Lipinski definition) is 0. The van der Waals surface area contributed by atoms with E-state index in [0.717, 1.165) is 69.7 Å². The number of nitrogens with zero attached hydrogens (tertiary/aromatic N) is 5. The summed E-state index contributed by atoms with van der Waals surface area (Å²) in [5.74, 6) is 1.31. The number of aromatic nitrogens is 5. The molecule has 0 saturated heterocycles. The van der Waals surface area contributed by atoms with Gasteiger partial charge in [0.25, 0.3) is 0 Å². The lowest BCUT2D eigenvalue weighted by atomic mass is 9.70. The molecule has 12 heteroatoms. The maximum Gasteiger partial charge on any atom is 0.311 e. The molecular weight excluding hydrogens is 711 g/mol. The molecule has 0 N–H and O–H groups in total. The van der Waals surface area contributed by atoms with Gasteiger partial charge in [0.05, 0.1) is 48.2 Å². The van der Waals surface area contributed by atoms with Crippen LogP contribution in [0.5, 0.6) is 11.6 Å². The summed E-state index contributed by atoms with van der Waals surface area (Å²) < 4.78 is 29.4. The fourth-order valence-corrected chi connectivity index (χ4v) is 8.66. The van der Waals surface area contributed by atoms with Gasteiger partial charge in [-0.2, -0.15) is 9.61 Å². The van der Waals surface area contributed by atoms with Gasteiger partial charge in [0.2, 0.25) is 5.88 Å². The molecule has 1 fully saturated rings.